The van der Waals surface area contributed by atoms with E-state index >= 15 is 0 Å². The van der Waals surface area contributed by atoms with Gasteiger partial charge in [0.15, 0.2) is 0 Å². The highest BCUT2D eigenvalue weighted by Gasteiger charge is 2.22. The van der Waals surface area contributed by atoms with Crippen molar-refractivity contribution in [1.82, 2.24) is 9.29 Å². The minimum absolute atomic E-state index is 0.0943. The molecule has 0 aliphatic carbocycles. The van der Waals surface area contributed by atoms with Crippen LogP contribution in [0, 0.1) is 11.3 Å². The summed E-state index contributed by atoms with van der Waals surface area (Å²) in [5.74, 6) is 0. The van der Waals surface area contributed by atoms with Gasteiger partial charge in [0, 0.05) is 19.3 Å². The molecule has 0 saturated carbocycles. The van der Waals surface area contributed by atoms with Crippen LogP contribution in [0.3, 0.4) is 0 Å². The third-order valence-corrected chi connectivity index (χ3v) is 4.14. The molecule has 0 amide bonds. The van der Waals surface area contributed by atoms with E-state index in [4.69, 9.17) is 5.26 Å². The number of nitriles is 1. The smallest absolute Gasteiger partial charge is 0.244 e. The first kappa shape index (κ1) is 14.4. The molecule has 1 heterocycles. The first-order chi connectivity index (χ1) is 8.56. The molecule has 96 valence electrons. The second-order valence-electron chi connectivity index (χ2n) is 3.64. The summed E-state index contributed by atoms with van der Waals surface area (Å²) in [6.07, 6.45) is 3.47. The van der Waals surface area contributed by atoms with Crippen molar-refractivity contribution in [1.29, 1.82) is 5.26 Å². The summed E-state index contributed by atoms with van der Waals surface area (Å²) in [5.41, 5.74) is 0.194. The molecule has 0 saturated heterocycles. The van der Waals surface area contributed by atoms with Crippen molar-refractivity contribution in [3.05, 3.63) is 36.7 Å². The highest BCUT2D eigenvalue weighted by molar-refractivity contribution is 7.89. The van der Waals surface area contributed by atoms with E-state index < -0.39 is 10.0 Å². The summed E-state index contributed by atoms with van der Waals surface area (Å²) in [6.45, 7) is 6.14. The van der Waals surface area contributed by atoms with Crippen LogP contribution in [0.15, 0.2) is 35.9 Å². The third-order valence-electron chi connectivity index (χ3n) is 2.29. The molecule has 0 spiro atoms. The molecule has 1 aromatic rings. The molecule has 0 aliphatic heterocycles. The van der Waals surface area contributed by atoms with Crippen molar-refractivity contribution in [2.75, 3.05) is 13.1 Å². The second kappa shape index (κ2) is 6.28. The summed E-state index contributed by atoms with van der Waals surface area (Å²) in [7, 11) is -3.56. The average molecular weight is 265 g/mol. The van der Waals surface area contributed by atoms with Crippen molar-refractivity contribution < 1.29 is 8.42 Å². The van der Waals surface area contributed by atoms with Gasteiger partial charge in [0.25, 0.3) is 0 Å². The Morgan fingerprint density at radius 1 is 1.56 bits per heavy atom. The summed E-state index contributed by atoms with van der Waals surface area (Å²) in [4.78, 5) is 3.87. The molecular weight excluding hydrogens is 250 g/mol. The minimum Gasteiger partial charge on any atom is -0.244 e. The zero-order valence-electron chi connectivity index (χ0n) is 10.2. The first-order valence-corrected chi connectivity index (χ1v) is 6.97. The van der Waals surface area contributed by atoms with Crippen molar-refractivity contribution in [2.45, 2.75) is 18.2 Å². The molecule has 0 radical (unpaired) electrons. The Kier molecular flexibility index (Phi) is 5.01. The lowest BCUT2D eigenvalue weighted by atomic mass is 10.4. The van der Waals surface area contributed by atoms with Crippen molar-refractivity contribution >= 4 is 10.0 Å². The molecule has 18 heavy (non-hydrogen) atoms. The molecule has 0 fully saturated rings. The molecule has 1 rings (SSSR count). The van der Waals surface area contributed by atoms with E-state index in [1.165, 1.54) is 22.6 Å². The van der Waals surface area contributed by atoms with Gasteiger partial charge in [-0.2, -0.15) is 9.57 Å². The molecule has 0 atom stereocenters. The van der Waals surface area contributed by atoms with Crippen LogP contribution in [0.5, 0.6) is 0 Å². The molecule has 5 nitrogen and oxygen atoms in total. The van der Waals surface area contributed by atoms with Crippen LogP contribution in [-0.4, -0.2) is 30.8 Å². The lowest BCUT2D eigenvalue weighted by molar-refractivity contribution is 0.441. The molecule has 0 bridgehead atoms. The Bertz CT molecular complexity index is 544. The van der Waals surface area contributed by atoms with Gasteiger partial charge in [-0.15, -0.1) is 6.58 Å². The third kappa shape index (κ3) is 3.15. The van der Waals surface area contributed by atoms with E-state index in [-0.39, 0.29) is 17.1 Å². The molecule has 0 N–H and O–H groups in total. The maximum absolute atomic E-state index is 12.3. The Labute approximate surface area is 107 Å². The van der Waals surface area contributed by atoms with Crippen LogP contribution in [0.1, 0.15) is 19.0 Å². The Morgan fingerprint density at radius 2 is 2.28 bits per heavy atom. The van der Waals surface area contributed by atoms with E-state index in [2.05, 4.69) is 11.6 Å². The average Bonchev–Trinajstić information content (AvgIpc) is 2.38. The van der Waals surface area contributed by atoms with Crippen LogP contribution in [0.25, 0.3) is 0 Å². The molecule has 0 aliphatic rings. The zero-order chi connectivity index (χ0) is 13.6. The van der Waals surface area contributed by atoms with Crippen molar-refractivity contribution in [3.8, 4) is 6.07 Å². The van der Waals surface area contributed by atoms with Gasteiger partial charge < -0.3 is 0 Å². The van der Waals surface area contributed by atoms with Gasteiger partial charge in [0.05, 0.1) is 0 Å². The largest absolute Gasteiger partial charge is 0.244 e. The molecule has 6 heteroatoms. The monoisotopic (exact) mass is 265 g/mol. The highest BCUT2D eigenvalue weighted by Crippen LogP contribution is 2.15. The van der Waals surface area contributed by atoms with Crippen LogP contribution < -0.4 is 0 Å². The quantitative estimate of drug-likeness (QED) is 0.731. The Morgan fingerprint density at radius 3 is 2.72 bits per heavy atom. The van der Waals surface area contributed by atoms with Crippen molar-refractivity contribution in [2.24, 2.45) is 0 Å². The fourth-order valence-electron chi connectivity index (χ4n) is 1.45. The van der Waals surface area contributed by atoms with E-state index in [0.717, 1.165) is 6.42 Å². The van der Waals surface area contributed by atoms with Gasteiger partial charge in [-0.25, -0.2) is 13.4 Å². The predicted octanol–water partition coefficient (Wildman–Crippen LogP) is 1.54. The van der Waals surface area contributed by atoms with E-state index in [1.54, 1.807) is 6.08 Å². The van der Waals surface area contributed by atoms with E-state index in [1.807, 2.05) is 13.0 Å². The Hall–Kier alpha value is -1.71. The molecular formula is C12H15N3O2S. The number of nitrogens with zero attached hydrogens (tertiary/aromatic N) is 3. The highest BCUT2D eigenvalue weighted by atomic mass is 32.2. The van der Waals surface area contributed by atoms with Crippen LogP contribution in [0.4, 0.5) is 0 Å². The van der Waals surface area contributed by atoms with Crippen molar-refractivity contribution in [3.63, 3.8) is 0 Å². The summed E-state index contributed by atoms with van der Waals surface area (Å²) < 4.78 is 25.9. The van der Waals surface area contributed by atoms with Crippen LogP contribution in [0.2, 0.25) is 0 Å². The van der Waals surface area contributed by atoms with Gasteiger partial charge in [0.2, 0.25) is 10.0 Å². The number of hydrogen-bond donors (Lipinski definition) is 0. The van der Waals surface area contributed by atoms with Gasteiger partial charge in [-0.05, 0) is 18.6 Å². The van der Waals surface area contributed by atoms with Gasteiger partial charge in [0.1, 0.15) is 16.7 Å². The minimum atomic E-state index is -3.56. The van der Waals surface area contributed by atoms with E-state index in [0.29, 0.717) is 6.54 Å². The topological polar surface area (TPSA) is 74.1 Å². The SMILES string of the molecule is C=CCN(CCC)S(=O)(=O)c1ccc(C#N)nc1. The lowest BCUT2D eigenvalue weighted by Gasteiger charge is -2.19. The fourth-order valence-corrected chi connectivity index (χ4v) is 2.90. The van der Waals surface area contributed by atoms with Gasteiger partial charge >= 0.3 is 0 Å². The number of aromatic nitrogens is 1. The maximum Gasteiger partial charge on any atom is 0.244 e. The lowest BCUT2D eigenvalue weighted by Crippen LogP contribution is -2.32. The normalized spacial score (nSPS) is 11.2. The summed E-state index contributed by atoms with van der Waals surface area (Å²) in [5, 5.41) is 8.62. The summed E-state index contributed by atoms with van der Waals surface area (Å²) in [6, 6.07) is 4.64. The van der Waals surface area contributed by atoms with Gasteiger partial charge in [-0.3, -0.25) is 0 Å². The molecule has 1 aromatic heterocycles. The predicted molar refractivity (Wildman–Crippen MR) is 68.2 cm³/mol. The molecule has 0 aromatic carbocycles. The second-order valence-corrected chi connectivity index (χ2v) is 5.58. The van der Waals surface area contributed by atoms with Crippen LogP contribution >= 0.6 is 0 Å². The number of rotatable bonds is 6. The molecule has 0 unspecified atom stereocenters. The first-order valence-electron chi connectivity index (χ1n) is 5.53. The zero-order valence-corrected chi connectivity index (χ0v) is 11.0. The Balaban J connectivity index is 3.09. The number of hydrogen-bond acceptors (Lipinski definition) is 4. The van der Waals surface area contributed by atoms with Gasteiger partial charge in [-0.1, -0.05) is 13.0 Å². The number of pyridine rings is 1. The van der Waals surface area contributed by atoms with Crippen LogP contribution in [-0.2, 0) is 10.0 Å². The maximum atomic E-state index is 12.3. The fraction of sp³-hybridized carbons (Fsp3) is 0.333. The number of sulfonamides is 1. The standard InChI is InChI=1S/C12H15N3O2S/c1-3-7-15(8-4-2)18(16,17)12-6-5-11(9-13)14-10-12/h3,5-6,10H,1,4,7-8H2,2H3. The van der Waals surface area contributed by atoms with E-state index in [9.17, 15) is 8.42 Å². The summed E-state index contributed by atoms with van der Waals surface area (Å²) >= 11 is 0.